The molecule has 108 valence electrons. The van der Waals surface area contributed by atoms with Gasteiger partial charge in [-0.25, -0.2) is 0 Å². The minimum Gasteiger partial charge on any atom is -0.388 e. The van der Waals surface area contributed by atoms with Crippen molar-refractivity contribution in [1.82, 2.24) is 10.2 Å². The second-order valence-electron chi connectivity index (χ2n) is 5.85. The first-order valence-corrected chi connectivity index (χ1v) is 7.01. The molecule has 0 fully saturated rings. The lowest BCUT2D eigenvalue weighted by atomic mass is 10.0. The molecule has 4 heteroatoms. The van der Waals surface area contributed by atoms with Crippen LogP contribution in [-0.4, -0.2) is 48.8 Å². The van der Waals surface area contributed by atoms with Crippen molar-refractivity contribution in [2.75, 3.05) is 27.2 Å². The SMILES string of the molecule is CC(Cc1ccc(Cl)cc1)NCC(C)(O)CN(C)C. The normalized spacial score (nSPS) is 16.4. The Bertz CT molecular complexity index is 376. The maximum Gasteiger partial charge on any atom is 0.0869 e. The van der Waals surface area contributed by atoms with Crippen LogP contribution >= 0.6 is 11.6 Å². The smallest absolute Gasteiger partial charge is 0.0869 e. The lowest BCUT2D eigenvalue weighted by Gasteiger charge is -2.28. The Balaban J connectivity index is 2.39. The average Bonchev–Trinajstić information content (AvgIpc) is 2.28. The highest BCUT2D eigenvalue weighted by Crippen LogP contribution is 2.11. The summed E-state index contributed by atoms with van der Waals surface area (Å²) >= 11 is 5.86. The van der Waals surface area contributed by atoms with Crippen LogP contribution in [0.25, 0.3) is 0 Å². The zero-order chi connectivity index (χ0) is 14.5. The zero-order valence-corrected chi connectivity index (χ0v) is 13.0. The predicted octanol–water partition coefficient (Wildman–Crippen LogP) is 2.17. The van der Waals surface area contributed by atoms with E-state index >= 15 is 0 Å². The summed E-state index contributed by atoms with van der Waals surface area (Å²) in [5.41, 5.74) is 0.536. The molecule has 0 saturated carbocycles. The molecule has 0 amide bonds. The molecule has 1 rings (SSSR count). The lowest BCUT2D eigenvalue weighted by molar-refractivity contribution is 0.0318. The van der Waals surface area contributed by atoms with Crippen LogP contribution in [0.2, 0.25) is 5.02 Å². The van der Waals surface area contributed by atoms with Gasteiger partial charge in [-0.3, -0.25) is 0 Å². The standard InChI is InChI=1S/C15H25ClN2O/c1-12(9-13-5-7-14(16)8-6-13)17-10-15(2,19)11-18(3)4/h5-8,12,17,19H,9-11H2,1-4H3. The van der Waals surface area contributed by atoms with E-state index in [9.17, 15) is 5.11 Å². The molecule has 0 aliphatic rings. The zero-order valence-electron chi connectivity index (χ0n) is 12.3. The van der Waals surface area contributed by atoms with Gasteiger partial charge < -0.3 is 15.3 Å². The van der Waals surface area contributed by atoms with Crippen LogP contribution in [0.4, 0.5) is 0 Å². The Morgan fingerprint density at radius 1 is 1.32 bits per heavy atom. The second kappa shape index (κ2) is 7.25. The summed E-state index contributed by atoms with van der Waals surface area (Å²) in [5.74, 6) is 0. The molecule has 0 bridgehead atoms. The molecule has 0 saturated heterocycles. The summed E-state index contributed by atoms with van der Waals surface area (Å²) in [7, 11) is 3.93. The molecule has 3 nitrogen and oxygen atoms in total. The van der Waals surface area contributed by atoms with Gasteiger partial charge >= 0.3 is 0 Å². The minimum absolute atomic E-state index is 0.315. The van der Waals surface area contributed by atoms with Crippen molar-refractivity contribution in [3.05, 3.63) is 34.9 Å². The highest BCUT2D eigenvalue weighted by molar-refractivity contribution is 6.30. The van der Waals surface area contributed by atoms with Crippen LogP contribution in [0.3, 0.4) is 0 Å². The minimum atomic E-state index is -0.711. The third-order valence-corrected chi connectivity index (χ3v) is 3.20. The molecule has 0 heterocycles. The van der Waals surface area contributed by atoms with Gasteiger partial charge in [0.25, 0.3) is 0 Å². The topological polar surface area (TPSA) is 35.5 Å². The van der Waals surface area contributed by atoms with E-state index in [1.54, 1.807) is 0 Å². The third kappa shape index (κ3) is 6.92. The number of nitrogens with one attached hydrogen (secondary N) is 1. The summed E-state index contributed by atoms with van der Waals surface area (Å²) < 4.78 is 0. The van der Waals surface area contributed by atoms with Crippen LogP contribution < -0.4 is 5.32 Å². The maximum atomic E-state index is 10.2. The van der Waals surface area contributed by atoms with Gasteiger partial charge in [-0.15, -0.1) is 0 Å². The van der Waals surface area contributed by atoms with E-state index in [0.717, 1.165) is 11.4 Å². The summed E-state index contributed by atoms with van der Waals surface area (Å²) in [6.45, 7) is 5.21. The van der Waals surface area contributed by atoms with Gasteiger partial charge in [0.05, 0.1) is 5.60 Å². The first-order chi connectivity index (χ1) is 8.78. The van der Waals surface area contributed by atoms with E-state index in [-0.39, 0.29) is 0 Å². The second-order valence-corrected chi connectivity index (χ2v) is 6.28. The van der Waals surface area contributed by atoms with E-state index in [2.05, 4.69) is 12.2 Å². The van der Waals surface area contributed by atoms with Crippen LogP contribution in [0.1, 0.15) is 19.4 Å². The van der Waals surface area contributed by atoms with Gasteiger partial charge in [-0.2, -0.15) is 0 Å². The van der Waals surface area contributed by atoms with Crippen molar-refractivity contribution in [2.24, 2.45) is 0 Å². The number of aliphatic hydroxyl groups is 1. The van der Waals surface area contributed by atoms with Crippen LogP contribution in [0.5, 0.6) is 0 Å². The number of benzene rings is 1. The monoisotopic (exact) mass is 284 g/mol. The van der Waals surface area contributed by atoms with E-state index in [1.807, 2.05) is 50.2 Å². The summed E-state index contributed by atoms with van der Waals surface area (Å²) in [6.07, 6.45) is 0.926. The first-order valence-electron chi connectivity index (χ1n) is 6.63. The van der Waals surface area contributed by atoms with Crippen molar-refractivity contribution < 1.29 is 5.11 Å². The molecule has 1 aromatic rings. The third-order valence-electron chi connectivity index (χ3n) is 2.94. The van der Waals surface area contributed by atoms with Gasteiger partial charge in [0.2, 0.25) is 0 Å². The highest BCUT2D eigenvalue weighted by Gasteiger charge is 2.21. The van der Waals surface area contributed by atoms with Gasteiger partial charge in [0.1, 0.15) is 0 Å². The van der Waals surface area contributed by atoms with E-state index in [0.29, 0.717) is 19.1 Å². The van der Waals surface area contributed by atoms with Gasteiger partial charge in [0.15, 0.2) is 0 Å². The average molecular weight is 285 g/mol. The number of likely N-dealkylation sites (N-methyl/N-ethyl adjacent to an activating group) is 1. The van der Waals surface area contributed by atoms with Gasteiger partial charge in [-0.1, -0.05) is 23.7 Å². The molecule has 2 unspecified atom stereocenters. The Hall–Kier alpha value is -0.610. The summed E-state index contributed by atoms with van der Waals surface area (Å²) in [6, 6.07) is 8.21. The van der Waals surface area contributed by atoms with E-state index < -0.39 is 5.60 Å². The Morgan fingerprint density at radius 3 is 2.42 bits per heavy atom. The van der Waals surface area contributed by atoms with Crippen LogP contribution in [0, 0.1) is 0 Å². The number of nitrogens with zero attached hydrogens (tertiary/aromatic N) is 1. The van der Waals surface area contributed by atoms with Crippen molar-refractivity contribution in [2.45, 2.75) is 31.9 Å². The number of halogens is 1. The molecule has 0 aliphatic carbocycles. The largest absolute Gasteiger partial charge is 0.388 e. The molecule has 0 aromatic heterocycles. The summed E-state index contributed by atoms with van der Waals surface area (Å²) in [5, 5.41) is 14.4. The van der Waals surface area contributed by atoms with E-state index in [1.165, 1.54) is 5.56 Å². The predicted molar refractivity (Wildman–Crippen MR) is 81.8 cm³/mol. The Labute approximate surface area is 121 Å². The van der Waals surface area contributed by atoms with Gasteiger partial charge in [0, 0.05) is 24.2 Å². The molecule has 0 spiro atoms. The highest BCUT2D eigenvalue weighted by atomic mass is 35.5. The summed E-state index contributed by atoms with van der Waals surface area (Å²) in [4.78, 5) is 1.99. The van der Waals surface area contributed by atoms with Crippen molar-refractivity contribution in [3.63, 3.8) is 0 Å². The van der Waals surface area contributed by atoms with Gasteiger partial charge in [-0.05, 0) is 52.1 Å². The molecule has 0 aliphatic heterocycles. The fourth-order valence-corrected chi connectivity index (χ4v) is 2.30. The molecule has 2 atom stereocenters. The van der Waals surface area contributed by atoms with Crippen molar-refractivity contribution >= 4 is 11.6 Å². The fourth-order valence-electron chi connectivity index (χ4n) is 2.18. The van der Waals surface area contributed by atoms with Crippen LogP contribution in [0.15, 0.2) is 24.3 Å². The molecular weight excluding hydrogens is 260 g/mol. The number of hydrogen-bond donors (Lipinski definition) is 2. The van der Waals surface area contributed by atoms with Crippen molar-refractivity contribution in [3.8, 4) is 0 Å². The molecule has 1 aromatic carbocycles. The Morgan fingerprint density at radius 2 is 1.89 bits per heavy atom. The lowest BCUT2D eigenvalue weighted by Crippen LogP contribution is -2.48. The quantitative estimate of drug-likeness (QED) is 0.806. The Kier molecular flexibility index (Phi) is 6.27. The van der Waals surface area contributed by atoms with E-state index in [4.69, 9.17) is 11.6 Å². The molecule has 0 radical (unpaired) electrons. The van der Waals surface area contributed by atoms with Crippen LogP contribution in [-0.2, 0) is 6.42 Å². The maximum absolute atomic E-state index is 10.2. The fraction of sp³-hybridized carbons (Fsp3) is 0.600. The van der Waals surface area contributed by atoms with Crippen molar-refractivity contribution in [1.29, 1.82) is 0 Å². The molecule has 19 heavy (non-hydrogen) atoms. The molecule has 2 N–H and O–H groups in total. The molecular formula is C15H25ClN2O. The first kappa shape index (κ1) is 16.4. The number of hydrogen-bond acceptors (Lipinski definition) is 3. The number of rotatable bonds is 7.